The number of hydrogen-bond donors (Lipinski definition) is 0. The monoisotopic (exact) mass is 327 g/mol. The van der Waals surface area contributed by atoms with E-state index in [1.54, 1.807) is 9.80 Å². The highest BCUT2D eigenvalue weighted by molar-refractivity contribution is 6.12. The highest BCUT2D eigenvalue weighted by Crippen LogP contribution is 2.39. The zero-order chi connectivity index (χ0) is 17.1. The van der Waals surface area contributed by atoms with Crippen LogP contribution in [0.5, 0.6) is 0 Å². The van der Waals surface area contributed by atoms with Gasteiger partial charge in [0.1, 0.15) is 11.6 Å². The third kappa shape index (κ3) is 1.92. The molecule has 0 saturated carbocycles. The van der Waals surface area contributed by atoms with Crippen molar-refractivity contribution in [3.05, 3.63) is 29.8 Å². The summed E-state index contributed by atoms with van der Waals surface area (Å²) < 4.78 is 0. The van der Waals surface area contributed by atoms with Crippen LogP contribution in [-0.4, -0.2) is 52.3 Å². The molecule has 1 aromatic rings. The molecule has 6 nitrogen and oxygen atoms in total. The first kappa shape index (κ1) is 15.2. The summed E-state index contributed by atoms with van der Waals surface area (Å²) in [6, 6.07) is 6.75. The minimum atomic E-state index is -0.755. The Kier molecular flexibility index (Phi) is 3.20. The highest BCUT2D eigenvalue weighted by Gasteiger charge is 2.59. The van der Waals surface area contributed by atoms with Crippen LogP contribution in [-0.2, 0) is 9.59 Å². The topological polar surface area (TPSA) is 60.9 Å². The third-order valence-electron chi connectivity index (χ3n) is 5.59. The Balaban J connectivity index is 1.60. The first-order valence-corrected chi connectivity index (χ1v) is 8.47. The number of benzene rings is 1. The van der Waals surface area contributed by atoms with Crippen LogP contribution in [0, 0.1) is 6.92 Å². The van der Waals surface area contributed by atoms with E-state index >= 15 is 0 Å². The van der Waals surface area contributed by atoms with Gasteiger partial charge in [-0.2, -0.15) is 0 Å². The number of amides is 4. The van der Waals surface area contributed by atoms with Gasteiger partial charge in [-0.1, -0.05) is 17.7 Å². The molecule has 1 aromatic carbocycles. The number of nitrogens with zero attached hydrogens (tertiary/aromatic N) is 3. The number of imide groups is 1. The van der Waals surface area contributed by atoms with E-state index in [4.69, 9.17) is 0 Å². The molecule has 3 aliphatic rings. The molecule has 6 heteroatoms. The van der Waals surface area contributed by atoms with Gasteiger partial charge < -0.3 is 9.80 Å². The number of carbonyl (C=O) groups is 3. The second-order valence-corrected chi connectivity index (χ2v) is 7.12. The first-order chi connectivity index (χ1) is 11.4. The van der Waals surface area contributed by atoms with E-state index in [-0.39, 0.29) is 17.8 Å². The summed E-state index contributed by atoms with van der Waals surface area (Å²) in [5, 5.41) is 0. The highest BCUT2D eigenvalue weighted by atomic mass is 16.2. The fourth-order valence-electron chi connectivity index (χ4n) is 4.13. The Hall–Kier alpha value is -2.37. The summed E-state index contributed by atoms with van der Waals surface area (Å²) in [7, 11) is 0. The average molecular weight is 327 g/mol. The molecule has 4 rings (SSSR count). The smallest absolute Gasteiger partial charge is 0.311 e. The van der Waals surface area contributed by atoms with Gasteiger partial charge in [0.15, 0.2) is 0 Å². The second-order valence-electron chi connectivity index (χ2n) is 7.12. The van der Waals surface area contributed by atoms with Crippen molar-refractivity contribution in [2.75, 3.05) is 18.0 Å². The Morgan fingerprint density at radius 3 is 2.46 bits per heavy atom. The molecule has 3 saturated heterocycles. The van der Waals surface area contributed by atoms with E-state index < -0.39 is 11.6 Å². The van der Waals surface area contributed by atoms with Crippen LogP contribution in [0.4, 0.5) is 10.5 Å². The Labute approximate surface area is 141 Å². The van der Waals surface area contributed by atoms with Crippen molar-refractivity contribution in [3.63, 3.8) is 0 Å². The number of hydrogen-bond acceptors (Lipinski definition) is 3. The van der Waals surface area contributed by atoms with Crippen LogP contribution < -0.4 is 4.90 Å². The minimum Gasteiger partial charge on any atom is -0.311 e. The quantitative estimate of drug-likeness (QED) is 0.780. The van der Waals surface area contributed by atoms with Gasteiger partial charge >= 0.3 is 6.03 Å². The predicted molar refractivity (Wildman–Crippen MR) is 88.5 cm³/mol. The van der Waals surface area contributed by atoms with Gasteiger partial charge in [-0.15, -0.1) is 0 Å². The molecule has 0 N–H and O–H groups in total. The van der Waals surface area contributed by atoms with Crippen molar-refractivity contribution in [1.29, 1.82) is 0 Å². The van der Waals surface area contributed by atoms with E-state index in [2.05, 4.69) is 0 Å². The van der Waals surface area contributed by atoms with Crippen LogP contribution in [0.15, 0.2) is 24.3 Å². The van der Waals surface area contributed by atoms with E-state index in [0.29, 0.717) is 25.9 Å². The van der Waals surface area contributed by atoms with Crippen molar-refractivity contribution in [1.82, 2.24) is 9.80 Å². The lowest BCUT2D eigenvalue weighted by atomic mass is 9.99. The van der Waals surface area contributed by atoms with Gasteiger partial charge in [0.05, 0.1) is 0 Å². The number of aryl methyl sites for hydroxylation is 1. The summed E-state index contributed by atoms with van der Waals surface area (Å²) in [6.45, 7) is 4.94. The number of rotatable bonds is 2. The SMILES string of the molecule is Cc1ccc(N2CC[C@H](N3C(=O)N4CCC[C@]4(C)C3=O)C2=O)cc1. The van der Waals surface area contributed by atoms with Crippen molar-refractivity contribution in [2.45, 2.75) is 44.7 Å². The van der Waals surface area contributed by atoms with Gasteiger partial charge in [-0.25, -0.2) is 9.69 Å². The second kappa shape index (κ2) is 5.06. The molecule has 2 atom stereocenters. The average Bonchev–Trinajstić information content (AvgIpc) is 3.17. The fourth-order valence-corrected chi connectivity index (χ4v) is 4.13. The van der Waals surface area contributed by atoms with Gasteiger partial charge in [-0.3, -0.25) is 9.59 Å². The lowest BCUT2D eigenvalue weighted by molar-refractivity contribution is -0.136. The summed E-state index contributed by atoms with van der Waals surface area (Å²) in [5.41, 5.74) is 1.19. The molecule has 3 fully saturated rings. The number of anilines is 1. The lowest BCUT2D eigenvalue weighted by Crippen LogP contribution is -2.47. The van der Waals surface area contributed by atoms with Crippen molar-refractivity contribution >= 4 is 23.5 Å². The van der Waals surface area contributed by atoms with E-state index in [1.165, 1.54) is 4.90 Å². The van der Waals surface area contributed by atoms with Crippen LogP contribution in [0.25, 0.3) is 0 Å². The van der Waals surface area contributed by atoms with Crippen molar-refractivity contribution < 1.29 is 14.4 Å². The fraction of sp³-hybridized carbons (Fsp3) is 0.500. The van der Waals surface area contributed by atoms with Crippen LogP contribution in [0.2, 0.25) is 0 Å². The molecule has 0 radical (unpaired) electrons. The normalized spacial score (nSPS) is 29.8. The van der Waals surface area contributed by atoms with Crippen LogP contribution >= 0.6 is 0 Å². The lowest BCUT2D eigenvalue weighted by Gasteiger charge is -2.23. The Morgan fingerprint density at radius 2 is 1.79 bits per heavy atom. The van der Waals surface area contributed by atoms with Gasteiger partial charge in [-0.05, 0) is 45.2 Å². The number of fused-ring (bicyclic) bond motifs is 1. The zero-order valence-electron chi connectivity index (χ0n) is 14.0. The maximum atomic E-state index is 12.9. The van der Waals surface area contributed by atoms with Gasteiger partial charge in [0.2, 0.25) is 5.91 Å². The first-order valence-electron chi connectivity index (χ1n) is 8.47. The molecule has 3 aliphatic heterocycles. The van der Waals surface area contributed by atoms with Gasteiger partial charge in [0.25, 0.3) is 5.91 Å². The molecule has 24 heavy (non-hydrogen) atoms. The van der Waals surface area contributed by atoms with Crippen molar-refractivity contribution in [3.8, 4) is 0 Å². The van der Waals surface area contributed by atoms with E-state index in [0.717, 1.165) is 17.7 Å². The minimum absolute atomic E-state index is 0.162. The molecule has 0 aromatic heterocycles. The molecule has 3 heterocycles. The van der Waals surface area contributed by atoms with Crippen LogP contribution in [0.1, 0.15) is 31.7 Å². The summed E-state index contributed by atoms with van der Waals surface area (Å²) in [6.07, 6.45) is 2.01. The molecule has 0 aliphatic carbocycles. The Bertz CT molecular complexity index is 730. The number of urea groups is 1. The largest absolute Gasteiger partial charge is 0.328 e. The molecule has 126 valence electrons. The predicted octanol–water partition coefficient (Wildman–Crippen LogP) is 1.92. The summed E-state index contributed by atoms with van der Waals surface area (Å²) in [4.78, 5) is 42.9. The molecule has 0 unspecified atom stereocenters. The van der Waals surface area contributed by atoms with Crippen LogP contribution in [0.3, 0.4) is 0 Å². The standard InChI is InChI=1S/C18H21N3O3/c1-12-4-6-13(7-5-12)19-11-8-14(15(19)22)21-16(23)18(2)9-3-10-20(18)17(21)24/h4-7,14H,3,8-11H2,1-2H3/t14-,18+/m0/s1. The van der Waals surface area contributed by atoms with Crippen molar-refractivity contribution in [2.24, 2.45) is 0 Å². The summed E-state index contributed by atoms with van der Waals surface area (Å²) >= 11 is 0. The molecule has 0 spiro atoms. The summed E-state index contributed by atoms with van der Waals surface area (Å²) in [5.74, 6) is -0.376. The zero-order valence-corrected chi connectivity index (χ0v) is 14.0. The van der Waals surface area contributed by atoms with E-state index in [1.807, 2.05) is 38.1 Å². The third-order valence-corrected chi connectivity index (χ3v) is 5.59. The maximum absolute atomic E-state index is 12.9. The van der Waals surface area contributed by atoms with E-state index in [9.17, 15) is 14.4 Å². The molecule has 0 bridgehead atoms. The maximum Gasteiger partial charge on any atom is 0.328 e. The number of carbonyl (C=O) groups excluding carboxylic acids is 3. The Morgan fingerprint density at radius 1 is 1.08 bits per heavy atom. The molecule has 4 amide bonds. The van der Waals surface area contributed by atoms with Gasteiger partial charge in [0, 0.05) is 18.8 Å². The molecular formula is C18H21N3O3. The molecular weight excluding hydrogens is 306 g/mol.